The number of fused-ring (bicyclic) bond motifs is 3. The van der Waals surface area contributed by atoms with E-state index in [-0.39, 0.29) is 11.6 Å². The summed E-state index contributed by atoms with van der Waals surface area (Å²) in [7, 11) is 3.16. The molecule has 0 N–H and O–H groups in total. The van der Waals surface area contributed by atoms with Gasteiger partial charge in [0.05, 0.1) is 14.2 Å². The van der Waals surface area contributed by atoms with Crippen molar-refractivity contribution in [1.29, 1.82) is 0 Å². The van der Waals surface area contributed by atoms with E-state index in [1.165, 1.54) is 0 Å². The second kappa shape index (κ2) is 4.18. The fourth-order valence-electron chi connectivity index (χ4n) is 3.36. The first-order chi connectivity index (χ1) is 10.2. The van der Waals surface area contributed by atoms with E-state index in [0.29, 0.717) is 35.5 Å². The maximum atomic E-state index is 12.5. The number of carbonyl (C=O) groups excluding carboxylic acids is 2. The lowest BCUT2D eigenvalue weighted by Gasteiger charge is -2.25. The van der Waals surface area contributed by atoms with Crippen LogP contribution < -0.4 is 9.47 Å². The van der Waals surface area contributed by atoms with Gasteiger partial charge in [-0.25, -0.2) is 0 Å². The Kier molecular flexibility index (Phi) is 2.50. The summed E-state index contributed by atoms with van der Waals surface area (Å²) in [6, 6.07) is 3.60. The lowest BCUT2D eigenvalue weighted by atomic mass is 9.77. The Morgan fingerprint density at radius 3 is 2.52 bits per heavy atom. The van der Waals surface area contributed by atoms with Gasteiger partial charge in [-0.1, -0.05) is 0 Å². The van der Waals surface area contributed by atoms with E-state index in [1.54, 1.807) is 20.3 Å². The molecular formula is C16H14O5. The van der Waals surface area contributed by atoms with E-state index in [1.807, 2.05) is 6.07 Å². The van der Waals surface area contributed by atoms with Gasteiger partial charge in [-0.3, -0.25) is 9.59 Å². The molecule has 108 valence electrons. The summed E-state index contributed by atoms with van der Waals surface area (Å²) in [6.07, 6.45) is 0.0989. The van der Waals surface area contributed by atoms with Crippen LogP contribution in [0, 0.1) is 0 Å². The number of hydrogen-bond acceptors (Lipinski definition) is 5. The number of hydrogen-bond donors (Lipinski definition) is 0. The molecule has 2 unspecified atom stereocenters. The van der Waals surface area contributed by atoms with Crippen LogP contribution in [0.4, 0.5) is 0 Å². The van der Waals surface area contributed by atoms with Gasteiger partial charge in [-0.15, -0.1) is 0 Å². The quantitative estimate of drug-likeness (QED) is 0.767. The van der Waals surface area contributed by atoms with Crippen molar-refractivity contribution in [1.82, 2.24) is 0 Å². The summed E-state index contributed by atoms with van der Waals surface area (Å²) in [5, 5.41) is 0. The molecule has 4 rings (SSSR count). The summed E-state index contributed by atoms with van der Waals surface area (Å²) in [6.45, 7) is 0. The van der Waals surface area contributed by atoms with E-state index in [9.17, 15) is 9.59 Å². The molecule has 3 aliphatic rings. The first-order valence-corrected chi connectivity index (χ1v) is 6.88. The molecule has 0 aromatic heterocycles. The Bertz CT molecular complexity index is 716. The van der Waals surface area contributed by atoms with E-state index < -0.39 is 12.2 Å². The molecule has 0 spiro atoms. The van der Waals surface area contributed by atoms with Crippen molar-refractivity contribution in [2.75, 3.05) is 14.2 Å². The molecule has 0 amide bonds. The second-order valence-electron chi connectivity index (χ2n) is 5.39. The van der Waals surface area contributed by atoms with Crippen LogP contribution in [-0.4, -0.2) is 38.0 Å². The van der Waals surface area contributed by atoms with Gasteiger partial charge in [-0.05, 0) is 30.5 Å². The van der Waals surface area contributed by atoms with Crippen molar-refractivity contribution in [3.05, 3.63) is 28.8 Å². The first-order valence-electron chi connectivity index (χ1n) is 6.88. The monoisotopic (exact) mass is 286 g/mol. The number of benzene rings is 1. The molecule has 5 heteroatoms. The topological polar surface area (TPSA) is 65.1 Å². The Balaban J connectivity index is 1.94. The Morgan fingerprint density at radius 2 is 1.81 bits per heavy atom. The van der Waals surface area contributed by atoms with Crippen LogP contribution >= 0.6 is 0 Å². The van der Waals surface area contributed by atoms with Crippen molar-refractivity contribution in [3.63, 3.8) is 0 Å². The molecule has 2 aliphatic carbocycles. The molecular weight excluding hydrogens is 272 g/mol. The number of rotatable bonds is 2. The van der Waals surface area contributed by atoms with Gasteiger partial charge in [0.25, 0.3) is 0 Å². The summed E-state index contributed by atoms with van der Waals surface area (Å²) < 4.78 is 16.0. The summed E-state index contributed by atoms with van der Waals surface area (Å²) >= 11 is 0. The summed E-state index contributed by atoms with van der Waals surface area (Å²) in [4.78, 5) is 24.7. The van der Waals surface area contributed by atoms with Gasteiger partial charge in [0.2, 0.25) is 0 Å². The van der Waals surface area contributed by atoms with Crippen LogP contribution in [0.25, 0.3) is 5.57 Å². The van der Waals surface area contributed by atoms with Gasteiger partial charge in [0.1, 0.15) is 0 Å². The van der Waals surface area contributed by atoms with Crippen molar-refractivity contribution < 1.29 is 23.8 Å². The number of carbonyl (C=O) groups is 2. The predicted octanol–water partition coefficient (Wildman–Crippen LogP) is 1.32. The molecule has 1 saturated heterocycles. The highest BCUT2D eigenvalue weighted by molar-refractivity contribution is 6.35. The minimum atomic E-state index is -0.574. The molecule has 0 saturated carbocycles. The fraction of sp³-hybridized carbons (Fsp3) is 0.375. The molecule has 0 radical (unpaired) electrons. The molecule has 1 heterocycles. The van der Waals surface area contributed by atoms with Crippen LogP contribution in [0.3, 0.4) is 0 Å². The van der Waals surface area contributed by atoms with Crippen molar-refractivity contribution >= 4 is 17.1 Å². The maximum Gasteiger partial charge on any atom is 0.195 e. The number of epoxide rings is 1. The average Bonchev–Trinajstić information content (AvgIpc) is 3.31. The van der Waals surface area contributed by atoms with Crippen LogP contribution in [-0.2, 0) is 20.7 Å². The highest BCUT2D eigenvalue weighted by Gasteiger charge is 2.56. The summed E-state index contributed by atoms with van der Waals surface area (Å²) in [5.74, 6) is 1.16. The molecule has 1 aromatic rings. The summed E-state index contributed by atoms with van der Waals surface area (Å²) in [5.41, 5.74) is 2.83. The number of Topliss-reactive ketones (excluding diaryl/α,β-unsaturated/α-hetero) is 2. The Labute approximate surface area is 121 Å². The van der Waals surface area contributed by atoms with Crippen LogP contribution in [0.15, 0.2) is 17.7 Å². The zero-order valence-corrected chi connectivity index (χ0v) is 11.8. The number of ether oxygens (including phenoxy) is 3. The van der Waals surface area contributed by atoms with E-state index >= 15 is 0 Å². The minimum absolute atomic E-state index is 0.0324. The largest absolute Gasteiger partial charge is 0.493 e. The number of methoxy groups -OCH3 is 2. The molecule has 1 aliphatic heterocycles. The fourth-order valence-corrected chi connectivity index (χ4v) is 3.36. The molecule has 5 nitrogen and oxygen atoms in total. The lowest BCUT2D eigenvalue weighted by molar-refractivity contribution is -0.119. The average molecular weight is 286 g/mol. The van der Waals surface area contributed by atoms with Gasteiger partial charge in [0.15, 0.2) is 35.3 Å². The normalized spacial score (nSPS) is 26.0. The van der Waals surface area contributed by atoms with Gasteiger partial charge in [-0.2, -0.15) is 0 Å². The first kappa shape index (κ1) is 12.6. The van der Waals surface area contributed by atoms with Gasteiger partial charge >= 0.3 is 0 Å². The van der Waals surface area contributed by atoms with Crippen molar-refractivity contribution in [2.45, 2.75) is 25.0 Å². The van der Waals surface area contributed by atoms with E-state index in [0.717, 1.165) is 11.1 Å². The molecule has 0 bridgehead atoms. The molecule has 21 heavy (non-hydrogen) atoms. The van der Waals surface area contributed by atoms with Crippen molar-refractivity contribution in [3.8, 4) is 11.5 Å². The van der Waals surface area contributed by atoms with E-state index in [2.05, 4.69) is 0 Å². The third-order valence-corrected chi connectivity index (χ3v) is 4.40. The lowest BCUT2D eigenvalue weighted by Crippen LogP contribution is -2.30. The highest BCUT2D eigenvalue weighted by atomic mass is 16.6. The van der Waals surface area contributed by atoms with Gasteiger partial charge < -0.3 is 14.2 Å². The molecule has 1 aromatic carbocycles. The SMILES string of the molecule is COc1ccc2c(c1OC)CCC1=C2C(=O)C2OC2C1=O. The predicted molar refractivity (Wildman–Crippen MR) is 73.5 cm³/mol. The van der Waals surface area contributed by atoms with Crippen LogP contribution in [0.2, 0.25) is 0 Å². The third kappa shape index (κ3) is 1.55. The number of ketones is 2. The third-order valence-electron chi connectivity index (χ3n) is 4.40. The minimum Gasteiger partial charge on any atom is -0.493 e. The Hall–Kier alpha value is -2.14. The standard InChI is InChI=1S/C16H14O5/c1-19-10-6-5-7-8(14(10)20-2)3-4-9-11(7)13(18)16-15(21-16)12(9)17/h5-6,15-16H,3-4H2,1-2H3. The Morgan fingerprint density at radius 1 is 1.05 bits per heavy atom. The zero-order chi connectivity index (χ0) is 14.7. The smallest absolute Gasteiger partial charge is 0.195 e. The maximum absolute atomic E-state index is 12.5. The zero-order valence-electron chi connectivity index (χ0n) is 11.8. The van der Waals surface area contributed by atoms with Crippen LogP contribution in [0.1, 0.15) is 17.5 Å². The highest BCUT2D eigenvalue weighted by Crippen LogP contribution is 2.47. The van der Waals surface area contributed by atoms with Crippen molar-refractivity contribution in [2.24, 2.45) is 0 Å². The molecule has 1 fully saturated rings. The van der Waals surface area contributed by atoms with Gasteiger partial charge in [0, 0.05) is 16.7 Å². The molecule has 2 atom stereocenters. The second-order valence-corrected chi connectivity index (χ2v) is 5.39. The van der Waals surface area contributed by atoms with E-state index in [4.69, 9.17) is 14.2 Å². The van der Waals surface area contributed by atoms with Crippen LogP contribution in [0.5, 0.6) is 11.5 Å².